The lowest BCUT2D eigenvalue weighted by atomic mass is 9.87. The van der Waals surface area contributed by atoms with Gasteiger partial charge in [-0.1, -0.05) is 13.0 Å². The van der Waals surface area contributed by atoms with Crippen molar-refractivity contribution in [1.29, 1.82) is 5.41 Å². The van der Waals surface area contributed by atoms with Crippen molar-refractivity contribution in [2.45, 2.75) is 13.0 Å². The summed E-state index contributed by atoms with van der Waals surface area (Å²) in [6.07, 6.45) is 1.72. The van der Waals surface area contributed by atoms with Gasteiger partial charge < -0.3 is 21.2 Å². The van der Waals surface area contributed by atoms with E-state index in [4.69, 9.17) is 16.2 Å². The summed E-state index contributed by atoms with van der Waals surface area (Å²) >= 11 is 0. The second kappa shape index (κ2) is 6.45. The molecule has 0 fully saturated rings. The molecule has 0 bridgehead atoms. The van der Waals surface area contributed by atoms with Crippen molar-refractivity contribution in [2.75, 3.05) is 13.2 Å². The van der Waals surface area contributed by atoms with E-state index in [1.54, 1.807) is 6.08 Å². The highest BCUT2D eigenvalue weighted by atomic mass is 16.3. The minimum Gasteiger partial charge on any atom is -0.390 e. The Balaban J connectivity index is 4.39. The molecule has 14 heavy (non-hydrogen) atoms. The second-order valence-corrected chi connectivity index (χ2v) is 3.36. The molecule has 0 saturated carbocycles. The molecule has 0 aliphatic heterocycles. The summed E-state index contributed by atoms with van der Waals surface area (Å²) in [5.74, 6) is -0.154. The zero-order chi connectivity index (χ0) is 11.1. The average Bonchev–Trinajstić information content (AvgIpc) is 2.22. The molecule has 3 atom stereocenters. The number of nitrogens with two attached hydrogens (primary N) is 1. The standard InChI is InChI=1S/C10H19N3O/c1-4-8(5-13-3)10(12)7(2)9(11)6-14/h4,7-8,10-11,14H,1,3,5-6,12H2,2H3/t7-,8-,10-/m1/s1. The van der Waals surface area contributed by atoms with Gasteiger partial charge in [-0.15, -0.1) is 6.58 Å². The van der Waals surface area contributed by atoms with Gasteiger partial charge in [-0.05, 0) is 6.72 Å². The normalized spacial score (nSPS) is 16.8. The monoisotopic (exact) mass is 197 g/mol. The molecule has 0 saturated heterocycles. The van der Waals surface area contributed by atoms with Crippen molar-refractivity contribution in [1.82, 2.24) is 0 Å². The van der Waals surface area contributed by atoms with Gasteiger partial charge in [0.25, 0.3) is 0 Å². The zero-order valence-electron chi connectivity index (χ0n) is 8.61. The Morgan fingerprint density at radius 1 is 1.71 bits per heavy atom. The first kappa shape index (κ1) is 13.0. The van der Waals surface area contributed by atoms with E-state index in [-0.39, 0.29) is 30.2 Å². The van der Waals surface area contributed by atoms with E-state index in [2.05, 4.69) is 18.3 Å². The largest absolute Gasteiger partial charge is 0.390 e. The predicted octanol–water partition coefficient (Wildman–Crippen LogP) is 0.465. The number of nitrogens with zero attached hydrogens (tertiary/aromatic N) is 1. The lowest BCUT2D eigenvalue weighted by Gasteiger charge is -2.25. The Morgan fingerprint density at radius 3 is 2.64 bits per heavy atom. The van der Waals surface area contributed by atoms with Crippen LogP contribution in [0.15, 0.2) is 17.6 Å². The van der Waals surface area contributed by atoms with Gasteiger partial charge in [0.1, 0.15) is 0 Å². The molecule has 0 spiro atoms. The van der Waals surface area contributed by atoms with Crippen molar-refractivity contribution in [3.63, 3.8) is 0 Å². The predicted molar refractivity (Wildman–Crippen MR) is 60.1 cm³/mol. The molecule has 0 aromatic carbocycles. The molecule has 0 rings (SSSR count). The fraction of sp³-hybridized carbons (Fsp3) is 0.600. The van der Waals surface area contributed by atoms with Crippen molar-refractivity contribution in [3.8, 4) is 0 Å². The van der Waals surface area contributed by atoms with Gasteiger partial charge in [-0.25, -0.2) is 0 Å². The van der Waals surface area contributed by atoms with Gasteiger partial charge in [0.05, 0.1) is 6.61 Å². The number of aliphatic hydroxyl groups excluding tert-OH is 1. The Kier molecular flexibility index (Phi) is 5.99. The minimum absolute atomic E-state index is 0.00870. The quantitative estimate of drug-likeness (QED) is 0.409. The van der Waals surface area contributed by atoms with Crippen LogP contribution in [0.1, 0.15) is 6.92 Å². The van der Waals surface area contributed by atoms with Crippen molar-refractivity contribution < 1.29 is 5.11 Å². The lowest BCUT2D eigenvalue weighted by Crippen LogP contribution is -2.41. The summed E-state index contributed by atoms with van der Waals surface area (Å²) in [6.45, 7) is 9.15. The lowest BCUT2D eigenvalue weighted by molar-refractivity contribution is 0.340. The molecule has 4 nitrogen and oxygen atoms in total. The highest BCUT2D eigenvalue weighted by Crippen LogP contribution is 2.13. The van der Waals surface area contributed by atoms with Crippen LogP contribution in [0.2, 0.25) is 0 Å². The Hall–Kier alpha value is -1.00. The summed E-state index contributed by atoms with van der Waals surface area (Å²) in [5.41, 5.74) is 6.17. The van der Waals surface area contributed by atoms with E-state index in [1.165, 1.54) is 0 Å². The van der Waals surface area contributed by atoms with Crippen LogP contribution in [0.3, 0.4) is 0 Å². The molecule has 0 aliphatic rings. The number of hydrogen-bond donors (Lipinski definition) is 3. The highest BCUT2D eigenvalue weighted by molar-refractivity contribution is 5.85. The molecule has 0 aromatic heterocycles. The molecular formula is C10H19N3O. The maximum Gasteiger partial charge on any atom is 0.0809 e. The van der Waals surface area contributed by atoms with E-state index in [0.717, 1.165) is 0 Å². The average molecular weight is 197 g/mol. The number of aliphatic imine (C=N–C) groups is 1. The first-order valence-electron chi connectivity index (χ1n) is 4.57. The molecule has 4 N–H and O–H groups in total. The first-order chi connectivity index (χ1) is 6.58. The number of aliphatic hydroxyl groups is 1. The minimum atomic E-state index is -0.250. The van der Waals surface area contributed by atoms with Gasteiger partial charge in [0.15, 0.2) is 0 Å². The van der Waals surface area contributed by atoms with Gasteiger partial charge in [0.2, 0.25) is 0 Å². The molecular weight excluding hydrogens is 178 g/mol. The third-order valence-electron chi connectivity index (χ3n) is 2.43. The molecule has 0 aliphatic carbocycles. The van der Waals surface area contributed by atoms with E-state index >= 15 is 0 Å². The molecule has 0 heterocycles. The van der Waals surface area contributed by atoms with Crippen LogP contribution in [0.4, 0.5) is 0 Å². The van der Waals surface area contributed by atoms with Crippen LogP contribution >= 0.6 is 0 Å². The highest BCUT2D eigenvalue weighted by Gasteiger charge is 2.23. The molecule has 0 unspecified atom stereocenters. The Bertz CT molecular complexity index is 215. The molecule has 0 radical (unpaired) electrons. The van der Waals surface area contributed by atoms with Crippen LogP contribution in [0, 0.1) is 17.2 Å². The molecule has 4 heteroatoms. The summed E-state index contributed by atoms with van der Waals surface area (Å²) in [6, 6.07) is -0.238. The summed E-state index contributed by atoms with van der Waals surface area (Å²) in [7, 11) is 0. The van der Waals surface area contributed by atoms with Crippen LogP contribution in [-0.4, -0.2) is 36.7 Å². The summed E-state index contributed by atoms with van der Waals surface area (Å²) < 4.78 is 0. The van der Waals surface area contributed by atoms with Gasteiger partial charge in [-0.3, -0.25) is 0 Å². The van der Waals surface area contributed by atoms with E-state index < -0.39 is 0 Å². The van der Waals surface area contributed by atoms with E-state index in [0.29, 0.717) is 6.54 Å². The topological polar surface area (TPSA) is 82.5 Å². The molecule has 0 aromatic rings. The molecule has 80 valence electrons. The third-order valence-corrected chi connectivity index (χ3v) is 2.43. The van der Waals surface area contributed by atoms with Gasteiger partial charge >= 0.3 is 0 Å². The smallest absolute Gasteiger partial charge is 0.0809 e. The molecule has 0 amide bonds. The fourth-order valence-electron chi connectivity index (χ4n) is 1.25. The number of rotatable bonds is 7. The Morgan fingerprint density at radius 2 is 2.29 bits per heavy atom. The van der Waals surface area contributed by atoms with Crippen molar-refractivity contribution in [2.24, 2.45) is 22.6 Å². The van der Waals surface area contributed by atoms with Crippen LogP contribution in [0.25, 0.3) is 0 Å². The number of nitrogens with one attached hydrogen (secondary N) is 1. The zero-order valence-corrected chi connectivity index (χ0v) is 8.61. The summed E-state index contributed by atoms with van der Waals surface area (Å²) in [4.78, 5) is 3.76. The summed E-state index contributed by atoms with van der Waals surface area (Å²) in [5, 5.41) is 16.3. The maximum atomic E-state index is 8.80. The van der Waals surface area contributed by atoms with Gasteiger partial charge in [-0.2, -0.15) is 0 Å². The van der Waals surface area contributed by atoms with Crippen LogP contribution in [0.5, 0.6) is 0 Å². The van der Waals surface area contributed by atoms with Crippen LogP contribution < -0.4 is 5.73 Å². The van der Waals surface area contributed by atoms with E-state index in [9.17, 15) is 0 Å². The SMILES string of the molecule is C=C[C@H](CN=C)[C@H](N)[C@H](C)C(=N)CO. The van der Waals surface area contributed by atoms with Crippen LogP contribution in [-0.2, 0) is 0 Å². The second-order valence-electron chi connectivity index (χ2n) is 3.36. The number of hydrogen-bond acceptors (Lipinski definition) is 4. The third kappa shape index (κ3) is 3.40. The van der Waals surface area contributed by atoms with Gasteiger partial charge in [0, 0.05) is 30.1 Å². The Labute approximate surface area is 85.0 Å². The van der Waals surface area contributed by atoms with Crippen molar-refractivity contribution >= 4 is 12.4 Å². The van der Waals surface area contributed by atoms with Crippen molar-refractivity contribution in [3.05, 3.63) is 12.7 Å². The first-order valence-corrected chi connectivity index (χ1v) is 4.57. The fourth-order valence-corrected chi connectivity index (χ4v) is 1.25. The van der Waals surface area contributed by atoms with E-state index in [1.807, 2.05) is 6.92 Å². The maximum absolute atomic E-state index is 8.80.